The molecule has 1 N–H and O–H groups in total. The van der Waals surface area contributed by atoms with Crippen LogP contribution in [0.25, 0.3) is 0 Å². The van der Waals surface area contributed by atoms with Crippen molar-refractivity contribution in [2.45, 2.75) is 25.3 Å². The van der Waals surface area contributed by atoms with Crippen molar-refractivity contribution in [3.8, 4) is 0 Å². The van der Waals surface area contributed by atoms with E-state index in [0.29, 0.717) is 10.0 Å². The standard InChI is InChI=1S/C14H18BrFN2O/c1-17-9-11-4-2-3-7-18(11)14(19)12-8-10(16)5-6-13(12)15/h5-6,8,11,17H,2-4,7,9H2,1H3. The number of halogens is 2. The third-order valence-electron chi connectivity index (χ3n) is 3.49. The van der Waals surface area contributed by atoms with Crippen molar-refractivity contribution in [1.82, 2.24) is 10.2 Å². The van der Waals surface area contributed by atoms with Gasteiger partial charge in [0.25, 0.3) is 5.91 Å². The molecule has 1 aliphatic rings. The zero-order chi connectivity index (χ0) is 13.8. The van der Waals surface area contributed by atoms with E-state index >= 15 is 0 Å². The summed E-state index contributed by atoms with van der Waals surface area (Å²) in [5, 5.41) is 3.12. The minimum Gasteiger partial charge on any atom is -0.334 e. The smallest absolute Gasteiger partial charge is 0.255 e. The summed E-state index contributed by atoms with van der Waals surface area (Å²) in [6.07, 6.45) is 3.15. The number of hydrogen-bond acceptors (Lipinski definition) is 2. The molecule has 0 aromatic heterocycles. The largest absolute Gasteiger partial charge is 0.334 e. The van der Waals surface area contributed by atoms with Gasteiger partial charge in [-0.2, -0.15) is 0 Å². The number of likely N-dealkylation sites (N-methyl/N-ethyl adjacent to an activating group) is 1. The maximum Gasteiger partial charge on any atom is 0.255 e. The number of hydrogen-bond donors (Lipinski definition) is 1. The topological polar surface area (TPSA) is 32.3 Å². The molecule has 104 valence electrons. The quantitative estimate of drug-likeness (QED) is 0.925. The Morgan fingerprint density at radius 2 is 2.32 bits per heavy atom. The van der Waals surface area contributed by atoms with Gasteiger partial charge in [-0.15, -0.1) is 0 Å². The van der Waals surface area contributed by atoms with Gasteiger partial charge >= 0.3 is 0 Å². The Kier molecular flexibility index (Phi) is 4.93. The van der Waals surface area contributed by atoms with Crippen LogP contribution >= 0.6 is 15.9 Å². The first-order valence-electron chi connectivity index (χ1n) is 6.54. The molecule has 1 unspecified atom stereocenters. The van der Waals surface area contributed by atoms with E-state index in [0.717, 1.165) is 32.4 Å². The number of carbonyl (C=O) groups is 1. The molecule has 0 spiro atoms. The van der Waals surface area contributed by atoms with Gasteiger partial charge in [-0.3, -0.25) is 4.79 Å². The molecule has 0 bridgehead atoms. The minimum absolute atomic E-state index is 0.0914. The molecule has 19 heavy (non-hydrogen) atoms. The molecular weight excluding hydrogens is 311 g/mol. The molecule has 1 heterocycles. The Hall–Kier alpha value is -0.940. The summed E-state index contributed by atoms with van der Waals surface area (Å²) >= 11 is 3.33. The van der Waals surface area contributed by atoms with Crippen molar-refractivity contribution in [3.05, 3.63) is 34.1 Å². The summed E-state index contributed by atoms with van der Waals surface area (Å²) in [6, 6.07) is 4.43. The van der Waals surface area contributed by atoms with Gasteiger partial charge in [0.15, 0.2) is 0 Å². The average molecular weight is 329 g/mol. The van der Waals surface area contributed by atoms with E-state index in [1.807, 2.05) is 11.9 Å². The number of piperidine rings is 1. The van der Waals surface area contributed by atoms with Gasteiger partial charge in [0.1, 0.15) is 5.82 Å². The SMILES string of the molecule is CNCC1CCCCN1C(=O)c1cc(F)ccc1Br. The second kappa shape index (κ2) is 6.48. The van der Waals surface area contributed by atoms with Crippen molar-refractivity contribution >= 4 is 21.8 Å². The molecule has 0 aliphatic carbocycles. The fourth-order valence-electron chi connectivity index (χ4n) is 2.53. The van der Waals surface area contributed by atoms with E-state index < -0.39 is 0 Å². The van der Waals surface area contributed by atoms with E-state index in [4.69, 9.17) is 0 Å². The first kappa shape index (κ1) is 14.5. The Labute approximate surface area is 121 Å². The summed E-state index contributed by atoms with van der Waals surface area (Å²) < 4.78 is 14.0. The van der Waals surface area contributed by atoms with Gasteiger partial charge in [0.05, 0.1) is 5.56 Å². The molecule has 1 saturated heterocycles. The fourth-order valence-corrected chi connectivity index (χ4v) is 2.95. The predicted molar refractivity (Wildman–Crippen MR) is 76.7 cm³/mol. The molecule has 1 aliphatic heterocycles. The van der Waals surface area contributed by atoms with Crippen molar-refractivity contribution in [3.63, 3.8) is 0 Å². The summed E-state index contributed by atoms with van der Waals surface area (Å²) in [4.78, 5) is 14.4. The number of nitrogens with zero attached hydrogens (tertiary/aromatic N) is 1. The summed E-state index contributed by atoms with van der Waals surface area (Å²) in [7, 11) is 1.88. The zero-order valence-electron chi connectivity index (χ0n) is 11.0. The normalized spacial score (nSPS) is 19.5. The van der Waals surface area contributed by atoms with E-state index in [1.165, 1.54) is 12.1 Å². The number of benzene rings is 1. The molecule has 0 radical (unpaired) electrons. The predicted octanol–water partition coefficient (Wildman–Crippen LogP) is 2.80. The van der Waals surface area contributed by atoms with Gasteiger partial charge in [-0.1, -0.05) is 0 Å². The lowest BCUT2D eigenvalue weighted by Crippen LogP contribution is -2.48. The van der Waals surface area contributed by atoms with E-state index in [9.17, 15) is 9.18 Å². The lowest BCUT2D eigenvalue weighted by molar-refractivity contribution is 0.0613. The highest BCUT2D eigenvalue weighted by atomic mass is 79.9. The number of rotatable bonds is 3. The second-order valence-corrected chi connectivity index (χ2v) is 5.68. The summed E-state index contributed by atoms with van der Waals surface area (Å²) in [6.45, 7) is 1.52. The Bertz CT molecular complexity index is 465. The molecule has 1 aromatic carbocycles. The fraction of sp³-hybridized carbons (Fsp3) is 0.500. The monoisotopic (exact) mass is 328 g/mol. The van der Waals surface area contributed by atoms with Gasteiger partial charge in [0.2, 0.25) is 0 Å². The number of likely N-dealkylation sites (tertiary alicyclic amines) is 1. The lowest BCUT2D eigenvalue weighted by Gasteiger charge is -2.36. The van der Waals surface area contributed by atoms with E-state index in [2.05, 4.69) is 21.2 Å². The van der Waals surface area contributed by atoms with Crippen molar-refractivity contribution in [1.29, 1.82) is 0 Å². The van der Waals surface area contributed by atoms with Gasteiger partial charge in [0, 0.05) is 23.6 Å². The first-order valence-corrected chi connectivity index (χ1v) is 7.33. The van der Waals surface area contributed by atoms with Crippen LogP contribution < -0.4 is 5.32 Å². The number of amides is 1. The summed E-state index contributed by atoms with van der Waals surface area (Å²) in [5.74, 6) is -0.472. The van der Waals surface area contributed by atoms with Crippen LogP contribution in [0.1, 0.15) is 29.6 Å². The van der Waals surface area contributed by atoms with Crippen LogP contribution in [0.2, 0.25) is 0 Å². The first-order chi connectivity index (χ1) is 9.13. The second-order valence-electron chi connectivity index (χ2n) is 4.83. The Morgan fingerprint density at radius 1 is 1.53 bits per heavy atom. The molecule has 0 saturated carbocycles. The van der Waals surface area contributed by atoms with Crippen LogP contribution in [0.5, 0.6) is 0 Å². The maximum atomic E-state index is 13.3. The highest BCUT2D eigenvalue weighted by Crippen LogP contribution is 2.24. The van der Waals surface area contributed by atoms with Crippen LogP contribution in [-0.4, -0.2) is 37.0 Å². The third-order valence-corrected chi connectivity index (χ3v) is 4.18. The van der Waals surface area contributed by atoms with Crippen molar-refractivity contribution < 1.29 is 9.18 Å². The minimum atomic E-state index is -0.381. The van der Waals surface area contributed by atoms with Crippen LogP contribution in [0.4, 0.5) is 4.39 Å². The molecule has 2 rings (SSSR count). The highest BCUT2D eigenvalue weighted by molar-refractivity contribution is 9.10. The van der Waals surface area contributed by atoms with Crippen LogP contribution in [-0.2, 0) is 0 Å². The van der Waals surface area contributed by atoms with Crippen LogP contribution in [0.15, 0.2) is 22.7 Å². The Balaban J connectivity index is 2.23. The highest BCUT2D eigenvalue weighted by Gasteiger charge is 2.28. The third kappa shape index (κ3) is 3.34. The maximum absolute atomic E-state index is 13.3. The lowest BCUT2D eigenvalue weighted by atomic mass is 10.0. The van der Waals surface area contributed by atoms with E-state index in [-0.39, 0.29) is 17.8 Å². The molecule has 5 heteroatoms. The van der Waals surface area contributed by atoms with Gasteiger partial charge in [-0.05, 0) is 60.4 Å². The van der Waals surface area contributed by atoms with Crippen molar-refractivity contribution in [2.75, 3.05) is 20.1 Å². The molecule has 1 fully saturated rings. The molecule has 3 nitrogen and oxygen atoms in total. The summed E-state index contributed by atoms with van der Waals surface area (Å²) in [5.41, 5.74) is 0.406. The van der Waals surface area contributed by atoms with Gasteiger partial charge in [-0.25, -0.2) is 4.39 Å². The molecule has 1 atom stereocenters. The average Bonchev–Trinajstić information content (AvgIpc) is 2.42. The number of nitrogens with one attached hydrogen (secondary N) is 1. The molecular formula is C14H18BrFN2O. The molecule has 1 amide bonds. The van der Waals surface area contributed by atoms with Gasteiger partial charge < -0.3 is 10.2 Å². The number of carbonyl (C=O) groups excluding carboxylic acids is 1. The van der Waals surface area contributed by atoms with Crippen LogP contribution in [0, 0.1) is 5.82 Å². The molecule has 1 aromatic rings. The van der Waals surface area contributed by atoms with E-state index in [1.54, 1.807) is 6.07 Å². The Morgan fingerprint density at radius 3 is 3.05 bits per heavy atom. The van der Waals surface area contributed by atoms with Crippen LogP contribution in [0.3, 0.4) is 0 Å². The van der Waals surface area contributed by atoms with Crippen molar-refractivity contribution in [2.24, 2.45) is 0 Å². The zero-order valence-corrected chi connectivity index (χ0v) is 12.5.